The number of aryl methyl sites for hydroxylation is 1. The van der Waals surface area contributed by atoms with Crippen molar-refractivity contribution < 1.29 is 4.79 Å². The van der Waals surface area contributed by atoms with Crippen molar-refractivity contribution in [2.45, 2.75) is 19.9 Å². The van der Waals surface area contributed by atoms with Crippen molar-refractivity contribution in [3.63, 3.8) is 0 Å². The second kappa shape index (κ2) is 5.39. The van der Waals surface area contributed by atoms with Gasteiger partial charge in [-0.15, -0.1) is 0 Å². The van der Waals surface area contributed by atoms with Crippen molar-refractivity contribution in [1.82, 2.24) is 14.3 Å². The Kier molecular flexibility index (Phi) is 3.34. The quantitative estimate of drug-likeness (QED) is 0.687. The number of carbonyl (C=O) groups is 1. The number of imidazole rings is 1. The summed E-state index contributed by atoms with van der Waals surface area (Å²) in [6.07, 6.45) is 2.64. The summed E-state index contributed by atoms with van der Waals surface area (Å²) in [5, 5.41) is 0.591. The number of benzene rings is 1. The lowest BCUT2D eigenvalue weighted by Gasteiger charge is -2.28. The molecule has 1 aliphatic heterocycles. The zero-order valence-electron chi connectivity index (χ0n) is 12.8. The van der Waals surface area contributed by atoms with Crippen LogP contribution in [0.2, 0.25) is 5.02 Å². The highest BCUT2D eigenvalue weighted by molar-refractivity contribution is 6.30. The molecule has 2 aromatic heterocycles. The van der Waals surface area contributed by atoms with Gasteiger partial charge in [-0.1, -0.05) is 35.9 Å². The van der Waals surface area contributed by atoms with Crippen LogP contribution in [0.15, 0.2) is 42.6 Å². The molecule has 0 N–H and O–H groups in total. The van der Waals surface area contributed by atoms with Gasteiger partial charge in [0.2, 0.25) is 0 Å². The highest BCUT2D eigenvalue weighted by Gasteiger charge is 2.25. The van der Waals surface area contributed by atoms with E-state index in [0.717, 1.165) is 24.3 Å². The van der Waals surface area contributed by atoms with Crippen molar-refractivity contribution in [3.8, 4) is 0 Å². The zero-order chi connectivity index (χ0) is 16.0. The largest absolute Gasteiger partial charge is 0.333 e. The lowest BCUT2D eigenvalue weighted by atomic mass is 9.99. The van der Waals surface area contributed by atoms with Crippen molar-refractivity contribution in [3.05, 3.63) is 70.1 Å². The summed E-state index contributed by atoms with van der Waals surface area (Å²) in [4.78, 5) is 19.4. The highest BCUT2D eigenvalue weighted by atomic mass is 35.5. The van der Waals surface area contributed by atoms with Crippen molar-refractivity contribution in [2.75, 3.05) is 6.54 Å². The van der Waals surface area contributed by atoms with Gasteiger partial charge >= 0.3 is 0 Å². The molecule has 5 heteroatoms. The fourth-order valence-electron chi connectivity index (χ4n) is 3.21. The van der Waals surface area contributed by atoms with Gasteiger partial charge in [0.1, 0.15) is 11.3 Å². The standard InChI is InChI=1S/C18H16ClN3O/c1-12-17(22-11-15(19)6-7-16(22)20-12)18(23)21-9-8-13-4-2-3-5-14(13)10-21/h2-7,11H,8-10H2,1H3. The van der Waals surface area contributed by atoms with Crippen LogP contribution in [-0.2, 0) is 13.0 Å². The SMILES string of the molecule is Cc1nc2ccc(Cl)cn2c1C(=O)N1CCc2ccccc2C1. The zero-order valence-corrected chi connectivity index (χ0v) is 13.5. The third-order valence-corrected chi connectivity index (χ3v) is 4.60. The number of rotatable bonds is 1. The topological polar surface area (TPSA) is 37.6 Å². The van der Waals surface area contributed by atoms with Gasteiger partial charge in [0.15, 0.2) is 0 Å². The van der Waals surface area contributed by atoms with Gasteiger partial charge in [-0.3, -0.25) is 9.20 Å². The molecule has 116 valence electrons. The number of hydrogen-bond donors (Lipinski definition) is 0. The molecule has 0 aliphatic carbocycles. The van der Waals surface area contributed by atoms with Gasteiger partial charge in [-0.05, 0) is 36.6 Å². The first kappa shape index (κ1) is 14.3. The summed E-state index contributed by atoms with van der Waals surface area (Å²) in [5.74, 6) is 0.00627. The number of amides is 1. The Hall–Kier alpha value is -2.33. The highest BCUT2D eigenvalue weighted by Crippen LogP contribution is 2.23. The van der Waals surface area contributed by atoms with Crippen LogP contribution < -0.4 is 0 Å². The fourth-order valence-corrected chi connectivity index (χ4v) is 3.37. The van der Waals surface area contributed by atoms with Crippen LogP contribution in [0.5, 0.6) is 0 Å². The van der Waals surface area contributed by atoms with E-state index < -0.39 is 0 Å². The second-order valence-electron chi connectivity index (χ2n) is 5.87. The molecule has 0 radical (unpaired) electrons. The molecule has 23 heavy (non-hydrogen) atoms. The molecule has 4 nitrogen and oxygen atoms in total. The summed E-state index contributed by atoms with van der Waals surface area (Å²) in [7, 11) is 0. The number of pyridine rings is 1. The Balaban J connectivity index is 1.73. The minimum atomic E-state index is 0.00627. The van der Waals surface area contributed by atoms with Gasteiger partial charge in [0.25, 0.3) is 5.91 Å². The molecule has 0 atom stereocenters. The number of nitrogens with zero attached hydrogens (tertiary/aromatic N) is 3. The maximum absolute atomic E-state index is 13.0. The lowest BCUT2D eigenvalue weighted by Crippen LogP contribution is -2.36. The summed E-state index contributed by atoms with van der Waals surface area (Å²) in [6.45, 7) is 3.23. The van der Waals surface area contributed by atoms with Crippen LogP contribution in [0.25, 0.3) is 5.65 Å². The summed E-state index contributed by atoms with van der Waals surface area (Å²) in [5.41, 5.74) is 4.62. The van der Waals surface area contributed by atoms with E-state index in [1.807, 2.05) is 30.0 Å². The van der Waals surface area contributed by atoms with E-state index in [2.05, 4.69) is 17.1 Å². The monoisotopic (exact) mass is 325 g/mol. The average molecular weight is 326 g/mol. The number of hydrogen-bond acceptors (Lipinski definition) is 2. The Morgan fingerprint density at radius 3 is 2.78 bits per heavy atom. The van der Waals surface area contributed by atoms with E-state index in [4.69, 9.17) is 11.6 Å². The third kappa shape index (κ3) is 2.39. The first-order valence-corrected chi connectivity index (χ1v) is 8.01. The molecular weight excluding hydrogens is 310 g/mol. The van der Waals surface area contributed by atoms with Crippen LogP contribution in [0, 0.1) is 6.92 Å². The summed E-state index contributed by atoms with van der Waals surface area (Å²) < 4.78 is 1.79. The van der Waals surface area contributed by atoms with Crippen molar-refractivity contribution >= 4 is 23.2 Å². The lowest BCUT2D eigenvalue weighted by molar-refractivity contribution is 0.0727. The molecule has 0 saturated carbocycles. The molecule has 0 fully saturated rings. The van der Waals surface area contributed by atoms with Gasteiger partial charge in [-0.2, -0.15) is 0 Å². The molecule has 0 bridgehead atoms. The predicted molar refractivity (Wildman–Crippen MR) is 89.8 cm³/mol. The number of halogens is 1. The van der Waals surface area contributed by atoms with Crippen LogP contribution in [-0.4, -0.2) is 26.7 Å². The number of aromatic nitrogens is 2. The molecule has 1 aliphatic rings. The van der Waals surface area contributed by atoms with Gasteiger partial charge in [-0.25, -0.2) is 4.98 Å². The summed E-state index contributed by atoms with van der Waals surface area (Å²) in [6, 6.07) is 11.9. The molecule has 3 aromatic rings. The molecule has 0 saturated heterocycles. The average Bonchev–Trinajstić information content (AvgIpc) is 2.89. The van der Waals surface area contributed by atoms with E-state index in [9.17, 15) is 4.79 Å². The maximum Gasteiger partial charge on any atom is 0.273 e. The van der Waals surface area contributed by atoms with E-state index in [1.165, 1.54) is 11.1 Å². The first-order valence-electron chi connectivity index (χ1n) is 7.64. The van der Waals surface area contributed by atoms with E-state index >= 15 is 0 Å². The van der Waals surface area contributed by atoms with E-state index in [1.54, 1.807) is 16.7 Å². The smallest absolute Gasteiger partial charge is 0.273 e. The Morgan fingerprint density at radius 2 is 1.96 bits per heavy atom. The minimum Gasteiger partial charge on any atom is -0.333 e. The Morgan fingerprint density at radius 1 is 1.17 bits per heavy atom. The Labute approximate surface area is 139 Å². The minimum absolute atomic E-state index is 0.00627. The molecule has 4 rings (SSSR count). The van der Waals surface area contributed by atoms with Gasteiger partial charge < -0.3 is 4.90 Å². The molecule has 0 spiro atoms. The molecular formula is C18H16ClN3O. The van der Waals surface area contributed by atoms with Crippen molar-refractivity contribution in [1.29, 1.82) is 0 Å². The number of carbonyl (C=O) groups excluding carboxylic acids is 1. The molecule has 3 heterocycles. The molecule has 1 aromatic carbocycles. The number of fused-ring (bicyclic) bond motifs is 2. The molecule has 0 unspecified atom stereocenters. The van der Waals surface area contributed by atoms with E-state index in [0.29, 0.717) is 17.3 Å². The van der Waals surface area contributed by atoms with Crippen LogP contribution in [0.4, 0.5) is 0 Å². The fraction of sp³-hybridized carbons (Fsp3) is 0.222. The normalized spacial score (nSPS) is 14.1. The van der Waals surface area contributed by atoms with E-state index in [-0.39, 0.29) is 5.91 Å². The Bertz CT molecular complexity index is 916. The third-order valence-electron chi connectivity index (χ3n) is 4.38. The van der Waals surface area contributed by atoms with Gasteiger partial charge in [0, 0.05) is 19.3 Å². The first-order chi connectivity index (χ1) is 11.1. The maximum atomic E-state index is 13.0. The van der Waals surface area contributed by atoms with Crippen LogP contribution >= 0.6 is 11.6 Å². The van der Waals surface area contributed by atoms with Crippen molar-refractivity contribution in [2.24, 2.45) is 0 Å². The van der Waals surface area contributed by atoms with Gasteiger partial charge in [0.05, 0.1) is 10.7 Å². The second-order valence-corrected chi connectivity index (χ2v) is 6.30. The van der Waals surface area contributed by atoms with Crippen LogP contribution in [0.1, 0.15) is 27.3 Å². The molecule has 1 amide bonds. The van der Waals surface area contributed by atoms with Crippen LogP contribution in [0.3, 0.4) is 0 Å². The summed E-state index contributed by atoms with van der Waals surface area (Å²) >= 11 is 6.08. The predicted octanol–water partition coefficient (Wildman–Crippen LogP) is 3.49.